The van der Waals surface area contributed by atoms with Crippen molar-refractivity contribution in [1.82, 2.24) is 10.6 Å². The van der Waals surface area contributed by atoms with Crippen LogP contribution in [-0.2, 0) is 9.59 Å². The second kappa shape index (κ2) is 9.36. The number of hydrogen-bond donors (Lipinski definition) is 6. The Labute approximate surface area is 89.6 Å². The second-order valence-electron chi connectivity index (χ2n) is 2.14. The summed E-state index contributed by atoms with van der Waals surface area (Å²) in [6.45, 7) is -1.44. The lowest BCUT2D eigenvalue weighted by Gasteiger charge is -1.92. The van der Waals surface area contributed by atoms with E-state index in [0.29, 0.717) is 0 Å². The van der Waals surface area contributed by atoms with E-state index in [1.807, 2.05) is 0 Å². The molecule has 0 rings (SSSR count). The van der Waals surface area contributed by atoms with E-state index in [2.05, 4.69) is 11.5 Å². The summed E-state index contributed by atoms with van der Waals surface area (Å²) >= 11 is 0. The highest BCUT2D eigenvalue weighted by Gasteiger charge is 1.98. The zero-order chi connectivity index (χ0) is 13.1. The summed E-state index contributed by atoms with van der Waals surface area (Å²) in [5, 5.41) is 19.2. The van der Waals surface area contributed by atoms with Gasteiger partial charge in [-0.2, -0.15) is 0 Å². The lowest BCUT2D eigenvalue weighted by Crippen LogP contribution is -2.36. The molecule has 8 N–H and O–H groups in total. The van der Waals surface area contributed by atoms with E-state index >= 15 is 0 Å². The summed E-state index contributed by atoms with van der Waals surface area (Å²) in [4.78, 5) is 39.4. The monoisotopic (exact) mass is 236 g/mol. The topological polar surface area (TPSA) is 185 Å². The van der Waals surface area contributed by atoms with E-state index in [1.54, 1.807) is 10.6 Å². The maximum atomic E-state index is 9.96. The number of imide groups is 2. The molecule has 10 nitrogen and oxygen atoms in total. The van der Waals surface area contributed by atoms with Crippen LogP contribution < -0.4 is 22.1 Å². The lowest BCUT2D eigenvalue weighted by atomic mass is 10.6. The van der Waals surface area contributed by atoms with Crippen LogP contribution in [0.25, 0.3) is 0 Å². The molecule has 0 radical (unpaired) electrons. The Morgan fingerprint density at radius 3 is 1.12 bits per heavy atom. The lowest BCUT2D eigenvalue weighted by molar-refractivity contribution is -0.123. The third-order valence-corrected chi connectivity index (χ3v) is 0.812. The Balaban J connectivity index is 0. The van der Waals surface area contributed by atoms with Crippen LogP contribution in [0.4, 0.5) is 9.59 Å². The van der Waals surface area contributed by atoms with Gasteiger partial charge in [0.15, 0.2) is 0 Å². The van der Waals surface area contributed by atoms with Crippen molar-refractivity contribution >= 4 is 23.9 Å². The summed E-state index contributed by atoms with van der Waals surface area (Å²) in [6.07, 6.45) is 0. The van der Waals surface area contributed by atoms with Gasteiger partial charge in [-0.15, -0.1) is 0 Å². The molecule has 0 bridgehead atoms. The normalized spacial score (nSPS) is 8.12. The van der Waals surface area contributed by atoms with Crippen LogP contribution >= 0.6 is 0 Å². The number of nitrogens with one attached hydrogen (secondary N) is 2. The van der Waals surface area contributed by atoms with Gasteiger partial charge in [0.1, 0.15) is 13.2 Å². The van der Waals surface area contributed by atoms with E-state index in [0.717, 1.165) is 0 Å². The summed E-state index contributed by atoms with van der Waals surface area (Å²) < 4.78 is 0. The average molecular weight is 236 g/mol. The van der Waals surface area contributed by atoms with Crippen molar-refractivity contribution in [2.45, 2.75) is 0 Å². The van der Waals surface area contributed by atoms with Gasteiger partial charge in [0.2, 0.25) is 0 Å². The third kappa shape index (κ3) is 14.3. The van der Waals surface area contributed by atoms with Crippen molar-refractivity contribution < 1.29 is 29.4 Å². The van der Waals surface area contributed by atoms with Gasteiger partial charge in [-0.05, 0) is 0 Å². The number of amides is 6. The summed E-state index contributed by atoms with van der Waals surface area (Å²) in [7, 11) is 0. The Morgan fingerprint density at radius 2 is 1.06 bits per heavy atom. The van der Waals surface area contributed by atoms with Crippen molar-refractivity contribution in [2.24, 2.45) is 11.5 Å². The Morgan fingerprint density at radius 1 is 0.812 bits per heavy atom. The Kier molecular flexibility index (Phi) is 9.50. The SMILES string of the molecule is NC(=O)NC(=O)CO.NC(=O)NC(=O)CO. The first kappa shape index (κ1) is 16.2. The standard InChI is InChI=1S/2C3H6N2O3/c2*4-3(8)5-2(7)1-6/h2*6H,1H2,(H3,4,5,7,8). The number of rotatable bonds is 2. The number of urea groups is 2. The molecule has 0 aliphatic heterocycles. The molecule has 0 aliphatic carbocycles. The van der Waals surface area contributed by atoms with Crippen LogP contribution in [0.5, 0.6) is 0 Å². The number of carbonyl (C=O) groups excluding carboxylic acids is 4. The predicted octanol–water partition coefficient (Wildman–Crippen LogP) is -3.65. The molecule has 0 saturated carbocycles. The molecule has 0 heterocycles. The maximum absolute atomic E-state index is 9.96. The van der Waals surface area contributed by atoms with E-state index in [9.17, 15) is 19.2 Å². The molecule has 16 heavy (non-hydrogen) atoms. The van der Waals surface area contributed by atoms with Crippen molar-refractivity contribution in [3.63, 3.8) is 0 Å². The molecule has 10 heteroatoms. The van der Waals surface area contributed by atoms with E-state index in [-0.39, 0.29) is 0 Å². The smallest absolute Gasteiger partial charge is 0.318 e. The third-order valence-electron chi connectivity index (χ3n) is 0.812. The first-order valence-corrected chi connectivity index (χ1v) is 3.73. The highest BCUT2D eigenvalue weighted by Crippen LogP contribution is 1.59. The molecule has 0 aromatic rings. The largest absolute Gasteiger partial charge is 0.387 e. The zero-order valence-corrected chi connectivity index (χ0v) is 8.10. The van der Waals surface area contributed by atoms with Gasteiger partial charge in [-0.25, -0.2) is 9.59 Å². The minimum atomic E-state index is -0.955. The van der Waals surface area contributed by atoms with Gasteiger partial charge in [0.05, 0.1) is 0 Å². The molecule has 92 valence electrons. The van der Waals surface area contributed by atoms with Crippen LogP contribution in [0.15, 0.2) is 0 Å². The van der Waals surface area contributed by atoms with Crippen LogP contribution in [0.1, 0.15) is 0 Å². The van der Waals surface area contributed by atoms with Gasteiger partial charge < -0.3 is 21.7 Å². The molecular weight excluding hydrogens is 224 g/mol. The molecule has 6 amide bonds. The van der Waals surface area contributed by atoms with Crippen LogP contribution in [-0.4, -0.2) is 47.3 Å². The average Bonchev–Trinajstić information content (AvgIpc) is 2.16. The molecule has 0 saturated heterocycles. The summed E-state index contributed by atoms with van der Waals surface area (Å²) in [5.74, 6) is -1.59. The van der Waals surface area contributed by atoms with Crippen molar-refractivity contribution in [3.05, 3.63) is 0 Å². The summed E-state index contributed by atoms with van der Waals surface area (Å²) in [5.41, 5.74) is 8.97. The van der Waals surface area contributed by atoms with Crippen LogP contribution in [0, 0.1) is 0 Å². The van der Waals surface area contributed by atoms with Gasteiger partial charge in [-0.1, -0.05) is 0 Å². The summed E-state index contributed by atoms with van der Waals surface area (Å²) in [6, 6.07) is -1.91. The van der Waals surface area contributed by atoms with Gasteiger partial charge in [-0.3, -0.25) is 20.2 Å². The van der Waals surface area contributed by atoms with Gasteiger partial charge in [0.25, 0.3) is 11.8 Å². The molecule has 0 aromatic carbocycles. The van der Waals surface area contributed by atoms with Crippen molar-refractivity contribution in [2.75, 3.05) is 13.2 Å². The molecule has 0 aliphatic rings. The van der Waals surface area contributed by atoms with E-state index in [4.69, 9.17) is 10.2 Å². The van der Waals surface area contributed by atoms with Gasteiger partial charge in [0, 0.05) is 0 Å². The second-order valence-corrected chi connectivity index (χ2v) is 2.14. The Bertz CT molecular complexity index is 250. The minimum Gasteiger partial charge on any atom is -0.387 e. The first-order chi connectivity index (χ1) is 7.33. The van der Waals surface area contributed by atoms with E-state index in [1.165, 1.54) is 0 Å². The quantitative estimate of drug-likeness (QED) is 0.287. The minimum absolute atomic E-state index is 0.719. The van der Waals surface area contributed by atoms with Crippen LogP contribution in [0.3, 0.4) is 0 Å². The fourth-order valence-electron chi connectivity index (χ4n) is 0.354. The van der Waals surface area contributed by atoms with E-state index < -0.39 is 37.1 Å². The highest BCUT2D eigenvalue weighted by molar-refractivity contribution is 5.94. The fraction of sp³-hybridized carbons (Fsp3) is 0.333. The highest BCUT2D eigenvalue weighted by atomic mass is 16.3. The zero-order valence-electron chi connectivity index (χ0n) is 8.10. The predicted molar refractivity (Wildman–Crippen MR) is 49.6 cm³/mol. The van der Waals surface area contributed by atoms with Crippen molar-refractivity contribution in [1.29, 1.82) is 0 Å². The molecular formula is C6H12N4O6. The molecule has 0 unspecified atom stereocenters. The van der Waals surface area contributed by atoms with Gasteiger partial charge >= 0.3 is 12.1 Å². The number of aliphatic hydroxyl groups is 2. The number of hydrogen-bond acceptors (Lipinski definition) is 6. The number of nitrogens with two attached hydrogens (primary N) is 2. The number of primary amides is 2. The fourth-order valence-corrected chi connectivity index (χ4v) is 0.354. The number of aliphatic hydroxyl groups excluding tert-OH is 2. The molecule has 0 fully saturated rings. The molecule has 0 aromatic heterocycles. The first-order valence-electron chi connectivity index (χ1n) is 3.73. The van der Waals surface area contributed by atoms with Crippen LogP contribution in [0.2, 0.25) is 0 Å². The Hall–Kier alpha value is -2.20. The van der Waals surface area contributed by atoms with Crippen molar-refractivity contribution in [3.8, 4) is 0 Å². The maximum Gasteiger partial charge on any atom is 0.318 e. The molecule has 0 atom stereocenters. The molecule has 0 spiro atoms. The number of carbonyl (C=O) groups is 4.